The predicted molar refractivity (Wildman–Crippen MR) is 38.2 cm³/mol. The number of nitrogens with zero attached hydrogens (tertiary/aromatic N) is 1. The summed E-state index contributed by atoms with van der Waals surface area (Å²) in [5.74, 6) is -0.886. The van der Waals surface area contributed by atoms with E-state index in [2.05, 4.69) is 0 Å². The molecule has 1 fully saturated rings. The molecule has 1 saturated heterocycles. The molecule has 1 aliphatic rings. The number of carboxylic acid groups (broad SMARTS) is 1. The molecule has 0 bridgehead atoms. The molecule has 1 heterocycles. The maximum atomic E-state index is 13.1. The Hall–Kier alpha value is -0.640. The van der Waals surface area contributed by atoms with E-state index in [4.69, 9.17) is 5.11 Å². The number of carbonyl (C=O) groups is 1. The molecular formula is C7H12FNO2. The Morgan fingerprint density at radius 1 is 1.82 bits per heavy atom. The zero-order valence-electron chi connectivity index (χ0n) is 6.51. The van der Waals surface area contributed by atoms with E-state index in [-0.39, 0.29) is 13.1 Å². The number of carboxylic acids is 1. The van der Waals surface area contributed by atoms with Crippen molar-refractivity contribution in [1.82, 2.24) is 4.90 Å². The standard InChI is InChI=1S/C7H12FNO2/c1-7(8)2-3-9(5-7)4-6(10)11/h2-5H2,1H3,(H,10,11). The van der Waals surface area contributed by atoms with Gasteiger partial charge in [0.1, 0.15) is 5.67 Å². The van der Waals surface area contributed by atoms with Gasteiger partial charge in [-0.25, -0.2) is 4.39 Å². The smallest absolute Gasteiger partial charge is 0.317 e. The maximum absolute atomic E-state index is 13.1. The Morgan fingerprint density at radius 2 is 2.45 bits per heavy atom. The third-order valence-corrected chi connectivity index (χ3v) is 1.86. The summed E-state index contributed by atoms with van der Waals surface area (Å²) in [5.41, 5.74) is -1.19. The lowest BCUT2D eigenvalue weighted by Crippen LogP contribution is -2.30. The van der Waals surface area contributed by atoms with Crippen LogP contribution in [0, 0.1) is 0 Å². The molecule has 1 aliphatic heterocycles. The van der Waals surface area contributed by atoms with Crippen molar-refractivity contribution < 1.29 is 14.3 Å². The monoisotopic (exact) mass is 161 g/mol. The van der Waals surface area contributed by atoms with Crippen LogP contribution in [0.1, 0.15) is 13.3 Å². The SMILES string of the molecule is CC1(F)CCN(CC(=O)O)C1. The van der Waals surface area contributed by atoms with Crippen molar-refractivity contribution in [2.24, 2.45) is 0 Å². The van der Waals surface area contributed by atoms with E-state index in [1.54, 1.807) is 4.90 Å². The Labute approximate surface area is 64.8 Å². The average molecular weight is 161 g/mol. The summed E-state index contributed by atoms with van der Waals surface area (Å²) in [6, 6.07) is 0. The lowest BCUT2D eigenvalue weighted by Gasteiger charge is -2.14. The third kappa shape index (κ3) is 2.46. The van der Waals surface area contributed by atoms with Crippen LogP contribution < -0.4 is 0 Å². The van der Waals surface area contributed by atoms with Gasteiger partial charge in [-0.2, -0.15) is 0 Å². The molecule has 0 aromatic heterocycles. The molecule has 0 spiro atoms. The molecule has 4 heteroatoms. The van der Waals surface area contributed by atoms with E-state index in [1.807, 2.05) is 0 Å². The van der Waals surface area contributed by atoms with Gasteiger partial charge in [0.05, 0.1) is 6.54 Å². The number of likely N-dealkylation sites (tertiary alicyclic amines) is 1. The quantitative estimate of drug-likeness (QED) is 0.641. The third-order valence-electron chi connectivity index (χ3n) is 1.86. The molecular weight excluding hydrogens is 149 g/mol. The van der Waals surface area contributed by atoms with E-state index in [1.165, 1.54) is 6.92 Å². The molecule has 1 atom stereocenters. The van der Waals surface area contributed by atoms with Crippen molar-refractivity contribution in [3.8, 4) is 0 Å². The van der Waals surface area contributed by atoms with Gasteiger partial charge in [0.2, 0.25) is 0 Å². The normalized spacial score (nSPS) is 32.5. The second-order valence-electron chi connectivity index (χ2n) is 3.27. The largest absolute Gasteiger partial charge is 0.480 e. The molecule has 11 heavy (non-hydrogen) atoms. The number of aliphatic carboxylic acids is 1. The number of hydrogen-bond donors (Lipinski definition) is 1. The van der Waals surface area contributed by atoms with Crippen molar-refractivity contribution in [1.29, 1.82) is 0 Å². The Morgan fingerprint density at radius 3 is 2.82 bits per heavy atom. The van der Waals surface area contributed by atoms with E-state index in [9.17, 15) is 9.18 Å². The molecule has 0 aromatic carbocycles. The summed E-state index contributed by atoms with van der Waals surface area (Å²) in [6.07, 6.45) is 0.445. The average Bonchev–Trinajstić information content (AvgIpc) is 2.08. The van der Waals surface area contributed by atoms with Crippen molar-refractivity contribution in [2.75, 3.05) is 19.6 Å². The highest BCUT2D eigenvalue weighted by Crippen LogP contribution is 2.23. The fourth-order valence-electron chi connectivity index (χ4n) is 1.34. The molecule has 1 N–H and O–H groups in total. The van der Waals surface area contributed by atoms with Crippen LogP contribution in [0.3, 0.4) is 0 Å². The summed E-state index contributed by atoms with van der Waals surface area (Å²) in [4.78, 5) is 11.8. The molecule has 0 aromatic rings. The highest BCUT2D eigenvalue weighted by molar-refractivity contribution is 5.69. The second kappa shape index (κ2) is 2.77. The number of hydrogen-bond acceptors (Lipinski definition) is 2. The molecule has 0 saturated carbocycles. The van der Waals surface area contributed by atoms with Crippen LogP contribution in [0.2, 0.25) is 0 Å². The van der Waals surface area contributed by atoms with Gasteiger partial charge in [0, 0.05) is 13.1 Å². The van der Waals surface area contributed by atoms with E-state index in [0.29, 0.717) is 13.0 Å². The summed E-state index contributed by atoms with van der Waals surface area (Å²) < 4.78 is 13.1. The summed E-state index contributed by atoms with van der Waals surface area (Å²) in [5, 5.41) is 8.38. The van der Waals surface area contributed by atoms with Crippen molar-refractivity contribution in [3.63, 3.8) is 0 Å². The maximum Gasteiger partial charge on any atom is 0.317 e. The van der Waals surface area contributed by atoms with E-state index in [0.717, 1.165) is 0 Å². The molecule has 0 aliphatic carbocycles. The first-order valence-corrected chi connectivity index (χ1v) is 3.63. The van der Waals surface area contributed by atoms with Gasteiger partial charge >= 0.3 is 5.97 Å². The van der Waals surface area contributed by atoms with Crippen LogP contribution in [-0.4, -0.2) is 41.3 Å². The molecule has 0 amide bonds. The molecule has 3 nitrogen and oxygen atoms in total. The first-order chi connectivity index (χ1) is 4.99. The molecule has 0 radical (unpaired) electrons. The second-order valence-corrected chi connectivity index (χ2v) is 3.27. The number of alkyl halides is 1. The lowest BCUT2D eigenvalue weighted by atomic mass is 10.1. The zero-order chi connectivity index (χ0) is 8.48. The molecule has 1 unspecified atom stereocenters. The predicted octanol–water partition coefficient (Wildman–Crippen LogP) is 0.505. The van der Waals surface area contributed by atoms with Gasteiger partial charge in [-0.15, -0.1) is 0 Å². The van der Waals surface area contributed by atoms with Crippen LogP contribution in [0.4, 0.5) is 4.39 Å². The van der Waals surface area contributed by atoms with Crippen LogP contribution in [0.15, 0.2) is 0 Å². The summed E-state index contributed by atoms with van der Waals surface area (Å²) in [6.45, 7) is 2.27. The van der Waals surface area contributed by atoms with Crippen molar-refractivity contribution >= 4 is 5.97 Å². The van der Waals surface area contributed by atoms with Gasteiger partial charge in [-0.05, 0) is 13.3 Å². The fraction of sp³-hybridized carbons (Fsp3) is 0.857. The van der Waals surface area contributed by atoms with E-state index >= 15 is 0 Å². The minimum atomic E-state index is -1.19. The Kier molecular flexibility index (Phi) is 2.13. The topological polar surface area (TPSA) is 40.5 Å². The van der Waals surface area contributed by atoms with Gasteiger partial charge in [-0.3, -0.25) is 9.69 Å². The minimum absolute atomic E-state index is 0.0422. The van der Waals surface area contributed by atoms with Crippen LogP contribution in [0.5, 0.6) is 0 Å². The highest BCUT2D eigenvalue weighted by Gasteiger charge is 2.33. The Balaban J connectivity index is 2.36. The van der Waals surface area contributed by atoms with Crippen LogP contribution >= 0.6 is 0 Å². The number of rotatable bonds is 2. The van der Waals surface area contributed by atoms with Gasteiger partial charge < -0.3 is 5.11 Å². The molecule has 1 rings (SSSR count). The van der Waals surface area contributed by atoms with Crippen LogP contribution in [-0.2, 0) is 4.79 Å². The highest BCUT2D eigenvalue weighted by atomic mass is 19.1. The first-order valence-electron chi connectivity index (χ1n) is 3.63. The van der Waals surface area contributed by atoms with Gasteiger partial charge in [0.15, 0.2) is 0 Å². The van der Waals surface area contributed by atoms with Gasteiger partial charge in [-0.1, -0.05) is 0 Å². The zero-order valence-corrected chi connectivity index (χ0v) is 6.51. The van der Waals surface area contributed by atoms with Gasteiger partial charge in [0.25, 0.3) is 0 Å². The Bertz CT molecular complexity index is 170. The first kappa shape index (κ1) is 8.46. The molecule has 64 valence electrons. The summed E-state index contributed by atoms with van der Waals surface area (Å²) >= 11 is 0. The minimum Gasteiger partial charge on any atom is -0.480 e. The lowest BCUT2D eigenvalue weighted by molar-refractivity contribution is -0.138. The summed E-state index contributed by atoms with van der Waals surface area (Å²) in [7, 11) is 0. The fourth-order valence-corrected chi connectivity index (χ4v) is 1.34. The van der Waals surface area contributed by atoms with Crippen LogP contribution in [0.25, 0.3) is 0 Å². The van der Waals surface area contributed by atoms with Crippen molar-refractivity contribution in [2.45, 2.75) is 19.0 Å². The van der Waals surface area contributed by atoms with Crippen molar-refractivity contribution in [3.05, 3.63) is 0 Å². The number of halogens is 1. The van der Waals surface area contributed by atoms with E-state index < -0.39 is 11.6 Å².